The summed E-state index contributed by atoms with van der Waals surface area (Å²) in [4.78, 5) is 11.3. The highest BCUT2D eigenvalue weighted by Crippen LogP contribution is 2.23. The van der Waals surface area contributed by atoms with Gasteiger partial charge in [-0.05, 0) is 61.9 Å². The van der Waals surface area contributed by atoms with Crippen LogP contribution in [0, 0.1) is 12.7 Å². The van der Waals surface area contributed by atoms with E-state index in [4.69, 9.17) is 4.74 Å². The number of nitrogens with one attached hydrogen (secondary N) is 1. The maximum absolute atomic E-state index is 13.2. The molecule has 1 fully saturated rings. The predicted octanol–water partition coefficient (Wildman–Crippen LogP) is 3.97. The summed E-state index contributed by atoms with van der Waals surface area (Å²) in [7, 11) is -3.60. The summed E-state index contributed by atoms with van der Waals surface area (Å²) >= 11 is 0. The number of sulfonamides is 1. The van der Waals surface area contributed by atoms with Crippen molar-refractivity contribution in [1.82, 2.24) is 14.3 Å². The van der Waals surface area contributed by atoms with Crippen LogP contribution in [-0.2, 0) is 10.0 Å². The van der Waals surface area contributed by atoms with E-state index in [9.17, 15) is 12.8 Å². The maximum atomic E-state index is 13.2. The molecule has 0 aliphatic carbocycles. The zero-order valence-corrected chi connectivity index (χ0v) is 20.1. The lowest BCUT2D eigenvalue weighted by atomic mass is 10.3. The third kappa shape index (κ3) is 5.63. The SMILES string of the molecule is CCCOc1ccc(S(=O)(=O)N2CCN(c3nc(C)cc(Nc4ccc(F)cc4)n3)CC2)cc1. The summed E-state index contributed by atoms with van der Waals surface area (Å²) in [5, 5.41) is 3.16. The van der Waals surface area contributed by atoms with E-state index in [-0.39, 0.29) is 10.7 Å². The molecule has 0 saturated carbocycles. The minimum atomic E-state index is -3.60. The Labute approximate surface area is 199 Å². The Morgan fingerprint density at radius 1 is 1.00 bits per heavy atom. The first kappa shape index (κ1) is 23.9. The molecule has 34 heavy (non-hydrogen) atoms. The van der Waals surface area contributed by atoms with Gasteiger partial charge >= 0.3 is 0 Å². The van der Waals surface area contributed by atoms with E-state index in [1.807, 2.05) is 18.7 Å². The molecular formula is C24H28FN5O3S. The molecule has 1 saturated heterocycles. The zero-order chi connectivity index (χ0) is 24.1. The van der Waals surface area contributed by atoms with E-state index in [1.165, 1.54) is 16.4 Å². The second kappa shape index (κ2) is 10.4. The Morgan fingerprint density at radius 2 is 1.68 bits per heavy atom. The molecule has 1 N–H and O–H groups in total. The van der Waals surface area contributed by atoms with Crippen molar-refractivity contribution in [2.75, 3.05) is 43.0 Å². The van der Waals surface area contributed by atoms with Crippen molar-refractivity contribution in [2.24, 2.45) is 0 Å². The van der Waals surface area contributed by atoms with Crippen molar-refractivity contribution in [1.29, 1.82) is 0 Å². The van der Waals surface area contributed by atoms with E-state index in [0.717, 1.165) is 12.1 Å². The number of ether oxygens (including phenoxy) is 1. The van der Waals surface area contributed by atoms with E-state index in [1.54, 1.807) is 42.5 Å². The van der Waals surface area contributed by atoms with Gasteiger partial charge in [0.15, 0.2) is 0 Å². The van der Waals surface area contributed by atoms with Gasteiger partial charge in [0.1, 0.15) is 17.4 Å². The molecule has 4 rings (SSSR count). The molecular weight excluding hydrogens is 457 g/mol. The van der Waals surface area contributed by atoms with Crippen molar-refractivity contribution in [3.8, 4) is 5.75 Å². The van der Waals surface area contributed by atoms with Gasteiger partial charge in [-0.2, -0.15) is 9.29 Å². The Bertz CT molecular complexity index is 1210. The molecule has 1 aliphatic rings. The molecule has 0 spiro atoms. The number of nitrogens with zero attached hydrogens (tertiary/aromatic N) is 4. The van der Waals surface area contributed by atoms with Crippen molar-refractivity contribution < 1.29 is 17.5 Å². The number of rotatable bonds is 8. The van der Waals surface area contributed by atoms with Gasteiger partial charge in [-0.15, -0.1) is 0 Å². The van der Waals surface area contributed by atoms with Crippen LogP contribution in [0.15, 0.2) is 59.5 Å². The van der Waals surface area contributed by atoms with Crippen molar-refractivity contribution in [3.05, 3.63) is 66.1 Å². The van der Waals surface area contributed by atoms with Crippen LogP contribution in [0.3, 0.4) is 0 Å². The molecule has 0 unspecified atom stereocenters. The molecule has 0 radical (unpaired) electrons. The molecule has 3 aromatic rings. The number of hydrogen-bond acceptors (Lipinski definition) is 7. The van der Waals surface area contributed by atoms with Crippen LogP contribution in [-0.4, -0.2) is 55.5 Å². The van der Waals surface area contributed by atoms with Crippen molar-refractivity contribution in [3.63, 3.8) is 0 Å². The smallest absolute Gasteiger partial charge is 0.243 e. The molecule has 1 aromatic heterocycles. The average molecular weight is 486 g/mol. The molecule has 2 aromatic carbocycles. The third-order valence-electron chi connectivity index (χ3n) is 5.41. The standard InChI is InChI=1S/C24H28FN5O3S/c1-3-16-33-21-8-10-22(11-9-21)34(31,32)30-14-12-29(13-15-30)24-26-18(2)17-23(28-24)27-20-6-4-19(25)5-7-20/h4-11,17H,3,12-16H2,1-2H3,(H,26,27,28). The van der Waals surface area contributed by atoms with Gasteiger partial charge in [-0.3, -0.25) is 0 Å². The number of hydrogen-bond donors (Lipinski definition) is 1. The number of benzene rings is 2. The quantitative estimate of drug-likeness (QED) is 0.517. The van der Waals surface area contributed by atoms with Crippen LogP contribution in [0.25, 0.3) is 0 Å². The Morgan fingerprint density at radius 3 is 2.32 bits per heavy atom. The van der Waals surface area contributed by atoms with E-state index in [0.29, 0.717) is 56.0 Å². The fourth-order valence-corrected chi connectivity index (χ4v) is 5.07. The summed E-state index contributed by atoms with van der Waals surface area (Å²) in [6, 6.07) is 14.4. The molecule has 2 heterocycles. The predicted molar refractivity (Wildman–Crippen MR) is 130 cm³/mol. The number of aromatic nitrogens is 2. The summed E-state index contributed by atoms with van der Waals surface area (Å²) in [5.74, 6) is 1.47. The third-order valence-corrected chi connectivity index (χ3v) is 7.33. The fraction of sp³-hybridized carbons (Fsp3) is 0.333. The van der Waals surface area contributed by atoms with Crippen LogP contribution in [0.4, 0.5) is 21.8 Å². The lowest BCUT2D eigenvalue weighted by Crippen LogP contribution is -2.49. The second-order valence-electron chi connectivity index (χ2n) is 8.04. The lowest BCUT2D eigenvalue weighted by Gasteiger charge is -2.34. The van der Waals surface area contributed by atoms with E-state index < -0.39 is 10.0 Å². The fourth-order valence-electron chi connectivity index (χ4n) is 3.64. The Balaban J connectivity index is 1.42. The van der Waals surface area contributed by atoms with Gasteiger partial charge in [0.05, 0.1) is 11.5 Å². The summed E-state index contributed by atoms with van der Waals surface area (Å²) in [6.07, 6.45) is 0.888. The minimum Gasteiger partial charge on any atom is -0.494 e. The summed E-state index contributed by atoms with van der Waals surface area (Å²) in [5.41, 5.74) is 1.49. The molecule has 8 nitrogen and oxygen atoms in total. The normalized spacial score (nSPS) is 14.7. The maximum Gasteiger partial charge on any atom is 0.243 e. The molecule has 0 amide bonds. The largest absolute Gasteiger partial charge is 0.494 e. The number of piperazine rings is 1. The van der Waals surface area contributed by atoms with Gasteiger partial charge in [-0.25, -0.2) is 17.8 Å². The summed E-state index contributed by atoms with van der Waals surface area (Å²) in [6.45, 7) is 6.07. The molecule has 180 valence electrons. The Kier molecular flexibility index (Phi) is 7.28. The molecule has 0 bridgehead atoms. The number of halogens is 1. The number of aryl methyl sites for hydroxylation is 1. The van der Waals surface area contributed by atoms with Crippen LogP contribution < -0.4 is 15.0 Å². The highest BCUT2D eigenvalue weighted by molar-refractivity contribution is 7.89. The summed E-state index contributed by atoms with van der Waals surface area (Å²) < 4.78 is 46.4. The monoisotopic (exact) mass is 485 g/mol. The average Bonchev–Trinajstić information content (AvgIpc) is 2.84. The topological polar surface area (TPSA) is 87.7 Å². The minimum absolute atomic E-state index is 0.252. The van der Waals surface area contributed by atoms with Crippen LogP contribution in [0.1, 0.15) is 19.0 Å². The van der Waals surface area contributed by atoms with Crippen LogP contribution in [0.5, 0.6) is 5.75 Å². The van der Waals surface area contributed by atoms with E-state index >= 15 is 0 Å². The first-order chi connectivity index (χ1) is 16.3. The van der Waals surface area contributed by atoms with Gasteiger partial charge in [0, 0.05) is 43.6 Å². The highest BCUT2D eigenvalue weighted by Gasteiger charge is 2.29. The lowest BCUT2D eigenvalue weighted by molar-refractivity contribution is 0.317. The molecule has 10 heteroatoms. The molecule has 1 aliphatic heterocycles. The highest BCUT2D eigenvalue weighted by atomic mass is 32.2. The van der Waals surface area contributed by atoms with Crippen molar-refractivity contribution >= 4 is 27.5 Å². The van der Waals surface area contributed by atoms with E-state index in [2.05, 4.69) is 15.3 Å². The van der Waals surface area contributed by atoms with Crippen LogP contribution in [0.2, 0.25) is 0 Å². The number of anilines is 3. The van der Waals surface area contributed by atoms with Gasteiger partial charge in [0.2, 0.25) is 16.0 Å². The molecule has 0 atom stereocenters. The van der Waals surface area contributed by atoms with Gasteiger partial charge < -0.3 is 15.0 Å². The second-order valence-corrected chi connectivity index (χ2v) is 9.98. The van der Waals surface area contributed by atoms with Crippen molar-refractivity contribution in [2.45, 2.75) is 25.2 Å². The zero-order valence-electron chi connectivity index (χ0n) is 19.2. The Hall–Kier alpha value is -3.24. The van der Waals surface area contributed by atoms with Gasteiger partial charge in [-0.1, -0.05) is 6.92 Å². The first-order valence-electron chi connectivity index (χ1n) is 11.2. The van der Waals surface area contributed by atoms with Gasteiger partial charge in [0.25, 0.3) is 0 Å². The first-order valence-corrected chi connectivity index (χ1v) is 12.7. The van der Waals surface area contributed by atoms with Crippen LogP contribution >= 0.6 is 0 Å².